The van der Waals surface area contributed by atoms with Crippen molar-refractivity contribution in [1.82, 2.24) is 10.6 Å². The van der Waals surface area contributed by atoms with Crippen molar-refractivity contribution in [2.45, 2.75) is 52.0 Å². The van der Waals surface area contributed by atoms with E-state index in [-0.39, 0.29) is 42.1 Å². The molecule has 0 saturated carbocycles. The number of hydrogen-bond donors (Lipinski definition) is 3. The molecule has 0 unspecified atom stereocenters. The molecule has 0 aromatic heterocycles. The summed E-state index contributed by atoms with van der Waals surface area (Å²) in [6.45, 7) is 8.52. The number of hydrogen-bond acceptors (Lipinski definition) is 3. The van der Waals surface area contributed by atoms with E-state index < -0.39 is 6.04 Å². The Bertz CT molecular complexity index is 531. The van der Waals surface area contributed by atoms with E-state index in [9.17, 15) is 9.59 Å². The molecule has 1 rings (SSSR count). The number of amides is 2. The van der Waals surface area contributed by atoms with Crippen molar-refractivity contribution >= 4 is 24.2 Å². The van der Waals surface area contributed by atoms with E-state index in [1.807, 2.05) is 32.0 Å². The highest BCUT2D eigenvalue weighted by molar-refractivity contribution is 5.87. The maximum atomic E-state index is 12.1. The van der Waals surface area contributed by atoms with Crippen LogP contribution in [-0.4, -0.2) is 30.9 Å². The smallest absolute Gasteiger partial charge is 0.239 e. The zero-order chi connectivity index (χ0) is 18.2. The van der Waals surface area contributed by atoms with E-state index in [1.165, 1.54) is 5.56 Å². The first-order chi connectivity index (χ1) is 11.4. The van der Waals surface area contributed by atoms with Crippen molar-refractivity contribution < 1.29 is 9.59 Å². The van der Waals surface area contributed by atoms with Gasteiger partial charge in [0.15, 0.2) is 0 Å². The van der Waals surface area contributed by atoms with Crippen LogP contribution < -0.4 is 16.4 Å². The summed E-state index contributed by atoms with van der Waals surface area (Å²) in [5.41, 5.74) is 6.90. The van der Waals surface area contributed by atoms with Gasteiger partial charge in [0.1, 0.15) is 0 Å². The average molecular weight is 370 g/mol. The minimum Gasteiger partial charge on any atom is -0.354 e. The van der Waals surface area contributed by atoms with Crippen molar-refractivity contribution in [2.24, 2.45) is 11.7 Å². The van der Waals surface area contributed by atoms with Crippen LogP contribution in [0.4, 0.5) is 0 Å². The molecule has 0 heterocycles. The van der Waals surface area contributed by atoms with Crippen LogP contribution in [0.5, 0.6) is 0 Å². The molecule has 0 radical (unpaired) electrons. The molecule has 0 aliphatic heterocycles. The average Bonchev–Trinajstić information content (AvgIpc) is 2.61. The van der Waals surface area contributed by atoms with Gasteiger partial charge in [0.05, 0.1) is 12.6 Å². The summed E-state index contributed by atoms with van der Waals surface area (Å²) in [7, 11) is 0. The molecule has 0 aliphatic carbocycles. The van der Waals surface area contributed by atoms with Gasteiger partial charge in [0.2, 0.25) is 11.8 Å². The van der Waals surface area contributed by atoms with Gasteiger partial charge in [-0.3, -0.25) is 9.59 Å². The summed E-state index contributed by atoms with van der Waals surface area (Å²) in [4.78, 5) is 23.9. The molecular weight excluding hydrogens is 338 g/mol. The fourth-order valence-corrected chi connectivity index (χ4v) is 2.72. The number of rotatable bonds is 9. The summed E-state index contributed by atoms with van der Waals surface area (Å²) in [6, 6.07) is 9.64. The Kier molecular flexibility index (Phi) is 10.4. The second-order valence-corrected chi connectivity index (χ2v) is 6.62. The second kappa shape index (κ2) is 11.1. The first kappa shape index (κ1) is 23.4. The second-order valence-electron chi connectivity index (χ2n) is 6.62. The summed E-state index contributed by atoms with van der Waals surface area (Å²) in [5, 5.41) is 5.55. The summed E-state index contributed by atoms with van der Waals surface area (Å²) in [5.74, 6) is -0.444. The van der Waals surface area contributed by atoms with Gasteiger partial charge in [-0.15, -0.1) is 12.4 Å². The third kappa shape index (κ3) is 6.67. The molecule has 1 aromatic rings. The van der Waals surface area contributed by atoms with E-state index in [4.69, 9.17) is 5.73 Å². The van der Waals surface area contributed by atoms with Crippen LogP contribution in [0.2, 0.25) is 0 Å². The van der Waals surface area contributed by atoms with Crippen molar-refractivity contribution in [3.05, 3.63) is 35.9 Å². The Morgan fingerprint density at radius 3 is 2.12 bits per heavy atom. The molecule has 2 amide bonds. The molecule has 5 nitrogen and oxygen atoms in total. The van der Waals surface area contributed by atoms with Gasteiger partial charge >= 0.3 is 0 Å². The zero-order valence-corrected chi connectivity index (χ0v) is 16.5. The van der Waals surface area contributed by atoms with Gasteiger partial charge in [-0.1, -0.05) is 58.0 Å². The lowest BCUT2D eigenvalue weighted by atomic mass is 9.76. The summed E-state index contributed by atoms with van der Waals surface area (Å²) >= 11 is 0. The molecule has 0 bridgehead atoms. The molecule has 1 aromatic carbocycles. The van der Waals surface area contributed by atoms with E-state index in [0.717, 1.165) is 12.8 Å². The van der Waals surface area contributed by atoms with Crippen LogP contribution in [0, 0.1) is 5.92 Å². The van der Waals surface area contributed by atoms with Gasteiger partial charge in [0.25, 0.3) is 0 Å². The molecule has 142 valence electrons. The van der Waals surface area contributed by atoms with Crippen LogP contribution in [0.3, 0.4) is 0 Å². The van der Waals surface area contributed by atoms with E-state index in [1.54, 1.807) is 0 Å². The SMILES string of the molecule is CCC(CC)(CNC(=O)CNC(=O)[C@@H](N)C(C)C)c1ccccc1.Cl. The van der Waals surface area contributed by atoms with Crippen molar-refractivity contribution in [1.29, 1.82) is 0 Å². The maximum absolute atomic E-state index is 12.1. The highest BCUT2D eigenvalue weighted by atomic mass is 35.5. The normalized spacial score (nSPS) is 12.2. The molecular formula is C19H32ClN3O2. The number of benzene rings is 1. The molecule has 0 fully saturated rings. The van der Waals surface area contributed by atoms with Crippen LogP contribution in [-0.2, 0) is 15.0 Å². The minimum atomic E-state index is -0.590. The third-order valence-corrected chi connectivity index (χ3v) is 4.81. The first-order valence-electron chi connectivity index (χ1n) is 8.71. The topological polar surface area (TPSA) is 84.2 Å². The number of carbonyl (C=O) groups is 2. The fraction of sp³-hybridized carbons (Fsp3) is 0.579. The van der Waals surface area contributed by atoms with Gasteiger partial charge < -0.3 is 16.4 Å². The predicted molar refractivity (Wildman–Crippen MR) is 105 cm³/mol. The van der Waals surface area contributed by atoms with Gasteiger partial charge in [-0.05, 0) is 24.3 Å². The van der Waals surface area contributed by atoms with Crippen molar-refractivity contribution in [2.75, 3.05) is 13.1 Å². The Hall–Kier alpha value is -1.59. The van der Waals surface area contributed by atoms with Crippen molar-refractivity contribution in [3.8, 4) is 0 Å². The lowest BCUT2D eigenvalue weighted by Gasteiger charge is -2.32. The van der Waals surface area contributed by atoms with Crippen LogP contribution in [0.25, 0.3) is 0 Å². The lowest BCUT2D eigenvalue weighted by molar-refractivity contribution is -0.127. The Morgan fingerprint density at radius 1 is 1.08 bits per heavy atom. The maximum Gasteiger partial charge on any atom is 0.239 e. The largest absolute Gasteiger partial charge is 0.354 e. The molecule has 0 aliphatic rings. The monoisotopic (exact) mass is 369 g/mol. The highest BCUT2D eigenvalue weighted by Crippen LogP contribution is 2.30. The quantitative estimate of drug-likeness (QED) is 0.624. The minimum absolute atomic E-state index is 0. The Morgan fingerprint density at radius 2 is 1.64 bits per heavy atom. The molecule has 25 heavy (non-hydrogen) atoms. The van der Waals surface area contributed by atoms with E-state index >= 15 is 0 Å². The standard InChI is InChI=1S/C19H31N3O2.ClH/c1-5-19(6-2,15-10-8-7-9-11-15)13-22-16(23)12-21-18(24)17(20)14(3)4;/h7-11,14,17H,5-6,12-13,20H2,1-4H3,(H,21,24)(H,22,23);1H/t17-;/m0./s1. The zero-order valence-electron chi connectivity index (χ0n) is 15.7. The first-order valence-corrected chi connectivity index (χ1v) is 8.71. The van der Waals surface area contributed by atoms with Crippen LogP contribution in [0.15, 0.2) is 30.3 Å². The Balaban J connectivity index is 0.00000576. The molecule has 4 N–H and O–H groups in total. The summed E-state index contributed by atoms with van der Waals surface area (Å²) < 4.78 is 0. The van der Waals surface area contributed by atoms with Crippen molar-refractivity contribution in [3.63, 3.8) is 0 Å². The van der Waals surface area contributed by atoms with Gasteiger partial charge in [-0.25, -0.2) is 0 Å². The molecule has 1 atom stereocenters. The molecule has 0 spiro atoms. The predicted octanol–water partition coefficient (Wildman–Crippen LogP) is 2.38. The molecule has 0 saturated heterocycles. The third-order valence-electron chi connectivity index (χ3n) is 4.81. The Labute approximate surface area is 157 Å². The number of nitrogens with one attached hydrogen (secondary N) is 2. The lowest BCUT2D eigenvalue weighted by Crippen LogP contribution is -2.48. The highest BCUT2D eigenvalue weighted by Gasteiger charge is 2.28. The fourth-order valence-electron chi connectivity index (χ4n) is 2.72. The van der Waals surface area contributed by atoms with Gasteiger partial charge in [-0.2, -0.15) is 0 Å². The van der Waals surface area contributed by atoms with E-state index in [2.05, 4.69) is 36.6 Å². The number of carbonyl (C=O) groups excluding carboxylic acids is 2. The number of halogens is 1. The molecule has 6 heteroatoms. The van der Waals surface area contributed by atoms with Crippen LogP contribution in [0.1, 0.15) is 46.1 Å². The van der Waals surface area contributed by atoms with Crippen LogP contribution >= 0.6 is 12.4 Å². The van der Waals surface area contributed by atoms with Gasteiger partial charge in [0, 0.05) is 12.0 Å². The number of nitrogens with two attached hydrogens (primary N) is 1. The summed E-state index contributed by atoms with van der Waals surface area (Å²) in [6.07, 6.45) is 1.86. The van der Waals surface area contributed by atoms with E-state index in [0.29, 0.717) is 6.54 Å².